The van der Waals surface area contributed by atoms with Gasteiger partial charge in [0.25, 0.3) is 0 Å². The zero-order valence-electron chi connectivity index (χ0n) is 17.7. The van der Waals surface area contributed by atoms with Crippen molar-refractivity contribution in [3.05, 3.63) is 65.5 Å². The van der Waals surface area contributed by atoms with E-state index in [9.17, 15) is 4.79 Å². The molecule has 0 spiro atoms. The van der Waals surface area contributed by atoms with Crippen LogP contribution >= 0.6 is 0 Å². The van der Waals surface area contributed by atoms with E-state index >= 15 is 0 Å². The number of nitrogens with zero attached hydrogens (tertiary/aromatic N) is 5. The Balaban J connectivity index is 1.48. The fourth-order valence-electron chi connectivity index (χ4n) is 4.35. The van der Waals surface area contributed by atoms with Crippen LogP contribution in [0.5, 0.6) is 0 Å². The molecule has 4 aromatic rings. The van der Waals surface area contributed by atoms with Crippen molar-refractivity contribution in [2.75, 3.05) is 17.2 Å². The van der Waals surface area contributed by atoms with Gasteiger partial charge in [-0.1, -0.05) is 35.9 Å². The van der Waals surface area contributed by atoms with Crippen molar-refractivity contribution < 1.29 is 4.79 Å². The van der Waals surface area contributed by atoms with Gasteiger partial charge in [0.15, 0.2) is 5.65 Å². The summed E-state index contributed by atoms with van der Waals surface area (Å²) in [6, 6.07) is 14.3. The first-order chi connectivity index (χ1) is 15.0. The lowest BCUT2D eigenvalue weighted by molar-refractivity contribution is -0.117. The number of hydrogen-bond acceptors (Lipinski definition) is 5. The maximum Gasteiger partial charge on any atom is 0.231 e. The SMILES string of the molecule is CCn1nc(-c2ccc3c(c2)CCN3C(=O)Cc2cccc(C)c2)c2c(N)ncnc21. The third-order valence-corrected chi connectivity index (χ3v) is 5.85. The van der Waals surface area contributed by atoms with Crippen molar-refractivity contribution in [2.45, 2.75) is 33.2 Å². The predicted molar refractivity (Wildman–Crippen MR) is 122 cm³/mol. The van der Waals surface area contributed by atoms with Crippen molar-refractivity contribution in [3.63, 3.8) is 0 Å². The van der Waals surface area contributed by atoms with Gasteiger partial charge in [0.1, 0.15) is 17.8 Å². The van der Waals surface area contributed by atoms with Gasteiger partial charge in [-0.3, -0.25) is 4.79 Å². The first-order valence-electron chi connectivity index (χ1n) is 10.5. The summed E-state index contributed by atoms with van der Waals surface area (Å²) < 4.78 is 1.84. The number of aryl methyl sites for hydroxylation is 2. The zero-order chi connectivity index (χ0) is 21.5. The Labute approximate surface area is 180 Å². The van der Waals surface area contributed by atoms with Crippen LogP contribution in [0.4, 0.5) is 11.5 Å². The molecule has 0 aliphatic carbocycles. The summed E-state index contributed by atoms with van der Waals surface area (Å²) in [6.45, 7) is 5.45. The largest absolute Gasteiger partial charge is 0.383 e. The average molecular weight is 412 g/mol. The minimum Gasteiger partial charge on any atom is -0.383 e. The van der Waals surface area contributed by atoms with Gasteiger partial charge in [0.2, 0.25) is 5.91 Å². The van der Waals surface area contributed by atoms with Crippen LogP contribution in [0, 0.1) is 6.92 Å². The molecular formula is C24H24N6O. The Bertz CT molecular complexity index is 1310. The number of fused-ring (bicyclic) bond motifs is 2. The van der Waals surface area contributed by atoms with Gasteiger partial charge < -0.3 is 10.6 Å². The van der Waals surface area contributed by atoms with E-state index in [4.69, 9.17) is 10.8 Å². The van der Waals surface area contributed by atoms with E-state index in [1.54, 1.807) is 0 Å². The van der Waals surface area contributed by atoms with Gasteiger partial charge in [-0.15, -0.1) is 0 Å². The molecule has 1 amide bonds. The van der Waals surface area contributed by atoms with Gasteiger partial charge in [-0.05, 0) is 43.5 Å². The second kappa shape index (κ2) is 7.50. The van der Waals surface area contributed by atoms with E-state index in [0.29, 0.717) is 25.3 Å². The quantitative estimate of drug-likeness (QED) is 0.554. The lowest BCUT2D eigenvalue weighted by Crippen LogP contribution is -2.30. The van der Waals surface area contributed by atoms with E-state index in [2.05, 4.69) is 22.1 Å². The molecule has 0 saturated carbocycles. The molecule has 7 heteroatoms. The number of amides is 1. The van der Waals surface area contributed by atoms with Crippen LogP contribution in [0.2, 0.25) is 0 Å². The molecule has 156 valence electrons. The molecule has 31 heavy (non-hydrogen) atoms. The molecule has 1 aliphatic rings. The number of aromatic nitrogens is 4. The third-order valence-electron chi connectivity index (χ3n) is 5.85. The summed E-state index contributed by atoms with van der Waals surface area (Å²) in [5, 5.41) is 5.51. The summed E-state index contributed by atoms with van der Waals surface area (Å²) in [7, 11) is 0. The fraction of sp³-hybridized carbons (Fsp3) is 0.250. The molecule has 0 radical (unpaired) electrons. The van der Waals surface area contributed by atoms with Crippen LogP contribution in [0.3, 0.4) is 0 Å². The predicted octanol–water partition coefficient (Wildman–Crippen LogP) is 3.54. The van der Waals surface area contributed by atoms with Crippen LogP contribution in [0.15, 0.2) is 48.8 Å². The Morgan fingerprint density at radius 3 is 2.84 bits per heavy atom. The van der Waals surface area contributed by atoms with Gasteiger partial charge in [0, 0.05) is 24.3 Å². The van der Waals surface area contributed by atoms with Crippen LogP contribution in [-0.4, -0.2) is 32.2 Å². The van der Waals surface area contributed by atoms with Crippen molar-refractivity contribution in [2.24, 2.45) is 0 Å². The molecule has 0 bridgehead atoms. The third kappa shape index (κ3) is 3.32. The lowest BCUT2D eigenvalue weighted by atomic mass is 10.0. The molecule has 0 fully saturated rings. The van der Waals surface area contributed by atoms with Gasteiger partial charge in [0.05, 0.1) is 11.8 Å². The highest BCUT2D eigenvalue weighted by Gasteiger charge is 2.26. The topological polar surface area (TPSA) is 89.9 Å². The van der Waals surface area contributed by atoms with E-state index in [1.807, 2.05) is 53.8 Å². The Kier molecular flexibility index (Phi) is 4.66. The number of benzene rings is 2. The van der Waals surface area contributed by atoms with Gasteiger partial charge in [-0.25, -0.2) is 14.6 Å². The van der Waals surface area contributed by atoms with E-state index in [-0.39, 0.29) is 5.91 Å². The van der Waals surface area contributed by atoms with Crippen molar-refractivity contribution >= 4 is 28.4 Å². The fourth-order valence-corrected chi connectivity index (χ4v) is 4.35. The molecule has 3 heterocycles. The van der Waals surface area contributed by atoms with Gasteiger partial charge in [-0.2, -0.15) is 5.10 Å². The summed E-state index contributed by atoms with van der Waals surface area (Å²) in [6.07, 6.45) is 2.69. The standard InChI is InChI=1S/C24H24N6O/c1-3-30-24-21(23(25)26-14-27-24)22(28-30)18-7-8-19-17(13-18)9-10-29(19)20(31)12-16-6-4-5-15(2)11-16/h4-8,11,13-14H,3,9-10,12H2,1-2H3,(H2,25,26,27). The molecule has 7 nitrogen and oxygen atoms in total. The summed E-state index contributed by atoms with van der Waals surface area (Å²) in [4.78, 5) is 23.4. The van der Waals surface area contributed by atoms with Crippen LogP contribution in [-0.2, 0) is 24.2 Å². The Morgan fingerprint density at radius 1 is 1.16 bits per heavy atom. The minimum absolute atomic E-state index is 0.121. The highest BCUT2D eigenvalue weighted by Crippen LogP contribution is 2.35. The maximum absolute atomic E-state index is 13.0. The smallest absolute Gasteiger partial charge is 0.231 e. The Hall–Kier alpha value is -3.74. The number of hydrogen-bond donors (Lipinski definition) is 1. The highest BCUT2D eigenvalue weighted by molar-refractivity contribution is 6.00. The van der Waals surface area contributed by atoms with E-state index in [1.165, 1.54) is 11.9 Å². The van der Waals surface area contributed by atoms with Crippen molar-refractivity contribution in [1.82, 2.24) is 19.7 Å². The van der Waals surface area contributed by atoms with Crippen molar-refractivity contribution in [3.8, 4) is 11.3 Å². The second-order valence-electron chi connectivity index (χ2n) is 7.93. The number of nitrogens with two attached hydrogens (primary N) is 1. The van der Waals surface area contributed by atoms with Crippen molar-refractivity contribution in [1.29, 1.82) is 0 Å². The molecule has 0 atom stereocenters. The lowest BCUT2D eigenvalue weighted by Gasteiger charge is -2.18. The van der Waals surface area contributed by atoms with Crippen LogP contribution < -0.4 is 10.6 Å². The van der Waals surface area contributed by atoms with E-state index in [0.717, 1.165) is 45.5 Å². The molecule has 0 saturated heterocycles. The monoisotopic (exact) mass is 412 g/mol. The molecular weight excluding hydrogens is 388 g/mol. The zero-order valence-corrected chi connectivity index (χ0v) is 17.7. The summed E-state index contributed by atoms with van der Waals surface area (Å²) in [5.74, 6) is 0.547. The number of carbonyl (C=O) groups excluding carboxylic acids is 1. The normalized spacial score (nSPS) is 13.0. The average Bonchev–Trinajstić information content (AvgIpc) is 3.35. The van der Waals surface area contributed by atoms with Gasteiger partial charge >= 0.3 is 0 Å². The second-order valence-corrected chi connectivity index (χ2v) is 7.93. The number of rotatable bonds is 4. The molecule has 5 rings (SSSR count). The highest BCUT2D eigenvalue weighted by atomic mass is 16.2. The first kappa shape index (κ1) is 19.2. The molecule has 2 aromatic carbocycles. The van der Waals surface area contributed by atoms with Crippen LogP contribution in [0.1, 0.15) is 23.6 Å². The number of nitrogen functional groups attached to an aromatic ring is 1. The minimum atomic E-state index is 0.121. The molecule has 1 aliphatic heterocycles. The maximum atomic E-state index is 13.0. The first-order valence-corrected chi connectivity index (χ1v) is 10.5. The molecule has 2 aromatic heterocycles. The van der Waals surface area contributed by atoms with Crippen LogP contribution in [0.25, 0.3) is 22.3 Å². The molecule has 2 N–H and O–H groups in total. The van der Waals surface area contributed by atoms with E-state index < -0.39 is 0 Å². The number of carbonyl (C=O) groups is 1. The Morgan fingerprint density at radius 2 is 2.03 bits per heavy atom. The summed E-state index contributed by atoms with van der Waals surface area (Å²) in [5.41, 5.74) is 13.0. The summed E-state index contributed by atoms with van der Waals surface area (Å²) >= 11 is 0. The number of anilines is 2. The molecule has 0 unspecified atom stereocenters.